The van der Waals surface area contributed by atoms with E-state index in [4.69, 9.17) is 5.73 Å². The van der Waals surface area contributed by atoms with Gasteiger partial charge in [-0.25, -0.2) is 0 Å². The molecular weight excluding hydrogens is 210 g/mol. The Balaban J connectivity index is 0.00000196. The summed E-state index contributed by atoms with van der Waals surface area (Å²) in [5.74, 6) is 0. The van der Waals surface area contributed by atoms with Crippen LogP contribution in [0, 0.1) is 0 Å². The smallest absolute Gasteiger partial charge is 0.0226 e. The molecule has 0 amide bonds. The highest BCUT2D eigenvalue weighted by molar-refractivity contribution is 5.85. The van der Waals surface area contributed by atoms with Crippen molar-refractivity contribution in [3.63, 3.8) is 0 Å². The molecule has 0 aromatic carbocycles. The van der Waals surface area contributed by atoms with Gasteiger partial charge >= 0.3 is 0 Å². The summed E-state index contributed by atoms with van der Waals surface area (Å²) in [6, 6.07) is 0.669. The average molecular weight is 236 g/mol. The Hall–Kier alpha value is 0.170. The van der Waals surface area contributed by atoms with Crippen LogP contribution in [-0.2, 0) is 0 Å². The van der Waals surface area contributed by atoms with Gasteiger partial charge in [-0.3, -0.25) is 4.90 Å². The van der Waals surface area contributed by atoms with E-state index in [1.807, 2.05) is 0 Å². The first-order valence-electron chi connectivity index (χ1n) is 5.60. The molecule has 1 aliphatic rings. The standard InChI is InChI=1S/C11H25N3.ClH/c1-10-5-6-13(4)7-8-14(10)9-11(2,3)12;/h10H,5-9,12H2,1-4H3;1H. The molecule has 0 spiro atoms. The zero-order valence-electron chi connectivity index (χ0n) is 10.5. The minimum Gasteiger partial charge on any atom is -0.324 e. The Morgan fingerprint density at radius 2 is 1.87 bits per heavy atom. The first-order valence-corrected chi connectivity index (χ1v) is 5.60. The monoisotopic (exact) mass is 235 g/mol. The van der Waals surface area contributed by atoms with Crippen molar-refractivity contribution in [2.45, 2.75) is 38.8 Å². The maximum absolute atomic E-state index is 6.06. The highest BCUT2D eigenvalue weighted by atomic mass is 35.5. The van der Waals surface area contributed by atoms with Crippen LogP contribution in [-0.4, -0.2) is 54.6 Å². The summed E-state index contributed by atoms with van der Waals surface area (Å²) in [5.41, 5.74) is 5.99. The summed E-state index contributed by atoms with van der Waals surface area (Å²) in [7, 11) is 2.20. The molecule has 1 atom stereocenters. The van der Waals surface area contributed by atoms with Gasteiger partial charge in [-0.15, -0.1) is 12.4 Å². The molecule has 1 rings (SSSR count). The van der Waals surface area contributed by atoms with Crippen LogP contribution in [0.3, 0.4) is 0 Å². The van der Waals surface area contributed by atoms with Gasteiger partial charge in [0.1, 0.15) is 0 Å². The second-order valence-corrected chi connectivity index (χ2v) is 5.40. The summed E-state index contributed by atoms with van der Waals surface area (Å²) < 4.78 is 0. The molecule has 0 aliphatic carbocycles. The van der Waals surface area contributed by atoms with Crippen LogP contribution in [0.15, 0.2) is 0 Å². The minimum absolute atomic E-state index is 0. The molecule has 15 heavy (non-hydrogen) atoms. The molecule has 4 heteroatoms. The van der Waals surface area contributed by atoms with Gasteiger partial charge < -0.3 is 10.6 Å². The number of rotatable bonds is 2. The quantitative estimate of drug-likeness (QED) is 0.780. The van der Waals surface area contributed by atoms with E-state index >= 15 is 0 Å². The Morgan fingerprint density at radius 1 is 1.27 bits per heavy atom. The van der Waals surface area contributed by atoms with E-state index in [1.165, 1.54) is 19.5 Å². The van der Waals surface area contributed by atoms with E-state index in [2.05, 4.69) is 37.6 Å². The maximum atomic E-state index is 6.06. The number of nitrogens with two attached hydrogens (primary N) is 1. The summed E-state index contributed by atoms with van der Waals surface area (Å²) in [6.07, 6.45) is 1.26. The van der Waals surface area contributed by atoms with Crippen LogP contribution >= 0.6 is 12.4 Å². The Labute approximate surface area is 100 Å². The SMILES string of the molecule is CC1CCN(C)CCN1CC(C)(C)N.Cl. The fourth-order valence-electron chi connectivity index (χ4n) is 1.98. The first kappa shape index (κ1) is 15.2. The summed E-state index contributed by atoms with van der Waals surface area (Å²) in [5, 5.41) is 0. The van der Waals surface area contributed by atoms with Gasteiger partial charge in [0.15, 0.2) is 0 Å². The van der Waals surface area contributed by atoms with E-state index in [-0.39, 0.29) is 17.9 Å². The average Bonchev–Trinajstić information content (AvgIpc) is 2.17. The topological polar surface area (TPSA) is 32.5 Å². The highest BCUT2D eigenvalue weighted by Crippen LogP contribution is 2.12. The molecule has 3 nitrogen and oxygen atoms in total. The highest BCUT2D eigenvalue weighted by Gasteiger charge is 2.23. The van der Waals surface area contributed by atoms with Gasteiger partial charge in [0, 0.05) is 31.2 Å². The zero-order valence-corrected chi connectivity index (χ0v) is 11.3. The van der Waals surface area contributed by atoms with Gasteiger partial charge in [-0.1, -0.05) is 0 Å². The molecule has 0 bridgehead atoms. The molecule has 0 saturated carbocycles. The summed E-state index contributed by atoms with van der Waals surface area (Å²) in [6.45, 7) is 11.1. The Bertz CT molecular complexity index is 179. The third-order valence-electron chi connectivity index (χ3n) is 2.93. The molecule has 0 aromatic heterocycles. The van der Waals surface area contributed by atoms with E-state index < -0.39 is 0 Å². The van der Waals surface area contributed by atoms with E-state index in [9.17, 15) is 0 Å². The molecule has 1 heterocycles. The maximum Gasteiger partial charge on any atom is 0.0226 e. The van der Waals surface area contributed by atoms with E-state index in [0.29, 0.717) is 6.04 Å². The zero-order chi connectivity index (χ0) is 10.8. The number of likely N-dealkylation sites (N-methyl/N-ethyl adjacent to an activating group) is 1. The van der Waals surface area contributed by atoms with Crippen LogP contribution in [0.1, 0.15) is 27.2 Å². The van der Waals surface area contributed by atoms with Crippen molar-refractivity contribution in [1.82, 2.24) is 9.80 Å². The fourth-order valence-corrected chi connectivity index (χ4v) is 1.98. The number of nitrogens with zero attached hydrogens (tertiary/aromatic N) is 2. The lowest BCUT2D eigenvalue weighted by molar-refractivity contribution is 0.180. The third kappa shape index (κ3) is 5.71. The molecule has 1 unspecified atom stereocenters. The number of hydrogen-bond donors (Lipinski definition) is 1. The lowest BCUT2D eigenvalue weighted by Crippen LogP contribution is -2.48. The van der Waals surface area contributed by atoms with Gasteiger partial charge in [0.2, 0.25) is 0 Å². The van der Waals surface area contributed by atoms with Gasteiger partial charge in [0.25, 0.3) is 0 Å². The van der Waals surface area contributed by atoms with Crippen molar-refractivity contribution < 1.29 is 0 Å². The molecule has 0 radical (unpaired) electrons. The van der Waals surface area contributed by atoms with Crippen LogP contribution < -0.4 is 5.73 Å². The normalized spacial score (nSPS) is 25.8. The lowest BCUT2D eigenvalue weighted by atomic mass is 10.1. The van der Waals surface area contributed by atoms with Gasteiger partial charge in [0.05, 0.1) is 0 Å². The predicted octanol–water partition coefficient (Wildman–Crippen LogP) is 1.17. The molecule has 1 fully saturated rings. The second kappa shape index (κ2) is 6.04. The van der Waals surface area contributed by atoms with E-state index in [0.717, 1.165) is 13.1 Å². The lowest BCUT2D eigenvalue weighted by Gasteiger charge is -2.32. The fraction of sp³-hybridized carbons (Fsp3) is 1.00. The first-order chi connectivity index (χ1) is 6.38. The van der Waals surface area contributed by atoms with Crippen molar-refractivity contribution in [3.05, 3.63) is 0 Å². The minimum atomic E-state index is -0.0723. The van der Waals surface area contributed by atoms with Gasteiger partial charge in [-0.05, 0) is 40.8 Å². The van der Waals surface area contributed by atoms with Crippen molar-refractivity contribution in [2.24, 2.45) is 5.73 Å². The largest absolute Gasteiger partial charge is 0.324 e. The van der Waals surface area contributed by atoms with Gasteiger partial charge in [-0.2, -0.15) is 0 Å². The second-order valence-electron chi connectivity index (χ2n) is 5.40. The number of halogens is 1. The molecule has 0 aromatic rings. The van der Waals surface area contributed by atoms with Crippen LogP contribution in [0.25, 0.3) is 0 Å². The Morgan fingerprint density at radius 3 is 2.40 bits per heavy atom. The number of hydrogen-bond acceptors (Lipinski definition) is 3. The molecule has 1 saturated heterocycles. The Kier molecular flexibility index (Phi) is 6.11. The summed E-state index contributed by atoms with van der Waals surface area (Å²) >= 11 is 0. The van der Waals surface area contributed by atoms with Crippen LogP contribution in [0.5, 0.6) is 0 Å². The molecule has 92 valence electrons. The molecule has 2 N–H and O–H groups in total. The van der Waals surface area contributed by atoms with Crippen LogP contribution in [0.2, 0.25) is 0 Å². The van der Waals surface area contributed by atoms with Crippen molar-refractivity contribution in [3.8, 4) is 0 Å². The molecule has 1 aliphatic heterocycles. The van der Waals surface area contributed by atoms with Crippen molar-refractivity contribution in [2.75, 3.05) is 33.2 Å². The summed E-state index contributed by atoms with van der Waals surface area (Å²) in [4.78, 5) is 4.92. The van der Waals surface area contributed by atoms with Crippen molar-refractivity contribution >= 4 is 12.4 Å². The third-order valence-corrected chi connectivity index (χ3v) is 2.93. The predicted molar refractivity (Wildman–Crippen MR) is 68.7 cm³/mol. The van der Waals surface area contributed by atoms with Crippen LogP contribution in [0.4, 0.5) is 0 Å². The van der Waals surface area contributed by atoms with Crippen molar-refractivity contribution in [1.29, 1.82) is 0 Å². The molecular formula is C11H26ClN3. The van der Waals surface area contributed by atoms with E-state index in [1.54, 1.807) is 0 Å².